The maximum atomic E-state index is 2.39. The molecule has 3 heteroatoms. The van der Waals surface area contributed by atoms with E-state index in [4.69, 9.17) is 0 Å². The highest BCUT2D eigenvalue weighted by Crippen LogP contribution is 2.42. The molecule has 0 amide bonds. The van der Waals surface area contributed by atoms with Crippen LogP contribution < -0.4 is 14.0 Å². The van der Waals surface area contributed by atoms with Gasteiger partial charge in [-0.25, -0.2) is 9.13 Å². The maximum Gasteiger partial charge on any atom is 0.212 e. The first kappa shape index (κ1) is 22.5. The Hall–Kier alpha value is -4.24. The van der Waals surface area contributed by atoms with Crippen LogP contribution in [0, 0.1) is 13.8 Å². The Morgan fingerprint density at radius 3 is 1.40 bits per heavy atom. The molecule has 0 aliphatic carbocycles. The number of benzene rings is 3. The minimum absolute atomic E-state index is 1.14. The number of anilines is 3. The van der Waals surface area contributed by atoms with Gasteiger partial charge in [0.1, 0.15) is 14.1 Å². The molecule has 0 saturated carbocycles. The Bertz CT molecular complexity index is 1390. The highest BCUT2D eigenvalue weighted by Gasteiger charge is 2.23. The van der Waals surface area contributed by atoms with E-state index in [0.29, 0.717) is 0 Å². The highest BCUT2D eigenvalue weighted by atomic mass is 15.1. The summed E-state index contributed by atoms with van der Waals surface area (Å²) in [7, 11) is 4.20. The molecule has 3 aromatic carbocycles. The molecule has 2 aromatic heterocycles. The molecule has 0 bridgehead atoms. The largest absolute Gasteiger partial charge is 0.310 e. The van der Waals surface area contributed by atoms with Gasteiger partial charge in [0.2, 0.25) is 11.4 Å². The topological polar surface area (TPSA) is 11.0 Å². The normalized spacial score (nSPS) is 10.9. The number of hydrogen-bond acceptors (Lipinski definition) is 1. The van der Waals surface area contributed by atoms with Crippen molar-refractivity contribution in [1.82, 2.24) is 0 Å². The van der Waals surface area contributed by atoms with Crippen LogP contribution in [0.1, 0.15) is 11.1 Å². The second kappa shape index (κ2) is 9.55. The molecular formula is C32H31N3+2. The number of para-hydroxylation sites is 1. The van der Waals surface area contributed by atoms with Crippen molar-refractivity contribution in [2.75, 3.05) is 4.90 Å². The van der Waals surface area contributed by atoms with Crippen LogP contribution in [0.15, 0.2) is 116 Å². The smallest absolute Gasteiger partial charge is 0.212 e. The summed E-state index contributed by atoms with van der Waals surface area (Å²) in [5.74, 6) is 0. The first-order chi connectivity index (χ1) is 17.1. The second-order valence-electron chi connectivity index (χ2n) is 8.96. The molecule has 0 saturated heterocycles. The van der Waals surface area contributed by atoms with Crippen LogP contribution in [-0.2, 0) is 14.1 Å². The second-order valence-corrected chi connectivity index (χ2v) is 8.96. The van der Waals surface area contributed by atoms with Crippen LogP contribution in [0.5, 0.6) is 0 Å². The van der Waals surface area contributed by atoms with Gasteiger partial charge in [0, 0.05) is 41.3 Å². The van der Waals surface area contributed by atoms with Gasteiger partial charge in [0.05, 0.1) is 11.1 Å². The number of pyridine rings is 2. The molecule has 0 fully saturated rings. The minimum Gasteiger partial charge on any atom is -0.310 e. The Morgan fingerprint density at radius 2 is 0.943 bits per heavy atom. The van der Waals surface area contributed by atoms with E-state index >= 15 is 0 Å². The third kappa shape index (κ3) is 4.22. The molecule has 0 radical (unpaired) electrons. The molecule has 3 nitrogen and oxygen atoms in total. The molecule has 0 aliphatic heterocycles. The number of hydrogen-bond donors (Lipinski definition) is 0. The number of rotatable bonds is 5. The fraction of sp³-hybridized carbons (Fsp3) is 0.125. The van der Waals surface area contributed by atoms with Gasteiger partial charge in [-0.3, -0.25) is 0 Å². The first-order valence-corrected chi connectivity index (χ1v) is 12.0. The van der Waals surface area contributed by atoms with Crippen molar-refractivity contribution in [3.63, 3.8) is 0 Å². The summed E-state index contributed by atoms with van der Waals surface area (Å²) in [5.41, 5.74) is 10.8. The molecule has 172 valence electrons. The Morgan fingerprint density at radius 1 is 0.486 bits per heavy atom. The van der Waals surface area contributed by atoms with Gasteiger partial charge in [0.25, 0.3) is 0 Å². The third-order valence-electron chi connectivity index (χ3n) is 6.77. The lowest BCUT2D eigenvalue weighted by Gasteiger charge is -2.29. The van der Waals surface area contributed by atoms with Crippen molar-refractivity contribution in [1.29, 1.82) is 0 Å². The average molecular weight is 458 g/mol. The van der Waals surface area contributed by atoms with E-state index in [1.54, 1.807) is 0 Å². The predicted molar refractivity (Wildman–Crippen MR) is 144 cm³/mol. The van der Waals surface area contributed by atoms with E-state index in [-0.39, 0.29) is 0 Å². The van der Waals surface area contributed by atoms with Crippen LogP contribution in [-0.4, -0.2) is 0 Å². The van der Waals surface area contributed by atoms with Crippen molar-refractivity contribution < 1.29 is 9.13 Å². The monoisotopic (exact) mass is 457 g/mol. The molecule has 5 rings (SSSR count). The Balaban J connectivity index is 1.74. The molecule has 0 atom stereocenters. The van der Waals surface area contributed by atoms with E-state index in [2.05, 4.69) is 157 Å². The highest BCUT2D eigenvalue weighted by molar-refractivity contribution is 5.85. The van der Waals surface area contributed by atoms with Crippen molar-refractivity contribution >= 4 is 17.1 Å². The van der Waals surface area contributed by atoms with Gasteiger partial charge in [-0.1, -0.05) is 30.3 Å². The van der Waals surface area contributed by atoms with Gasteiger partial charge >= 0.3 is 0 Å². The van der Waals surface area contributed by atoms with E-state index in [1.165, 1.54) is 45.0 Å². The quantitative estimate of drug-likeness (QED) is 0.265. The molecule has 0 spiro atoms. The van der Waals surface area contributed by atoms with E-state index in [0.717, 1.165) is 5.69 Å². The van der Waals surface area contributed by atoms with E-state index in [9.17, 15) is 0 Å². The van der Waals surface area contributed by atoms with Crippen molar-refractivity contribution in [2.24, 2.45) is 14.1 Å². The third-order valence-corrected chi connectivity index (χ3v) is 6.77. The van der Waals surface area contributed by atoms with E-state index in [1.807, 2.05) is 0 Å². The van der Waals surface area contributed by atoms with Crippen LogP contribution in [0.3, 0.4) is 0 Å². The van der Waals surface area contributed by atoms with Gasteiger partial charge in [0.15, 0.2) is 12.4 Å². The zero-order valence-electron chi connectivity index (χ0n) is 20.8. The standard InChI is InChI=1S/C32H31N3/c1-24-27(31-18-8-10-22-33(31)3)16-12-20-29(24)35(26-14-6-5-7-15-26)30-21-13-17-28(25(30)2)32-19-9-11-23-34(32)4/h5-23H,1-4H3/q+2. The van der Waals surface area contributed by atoms with Crippen LogP contribution in [0.2, 0.25) is 0 Å². The molecule has 0 aliphatic rings. The predicted octanol–water partition coefficient (Wildman–Crippen LogP) is 6.76. The number of aryl methyl sites for hydroxylation is 2. The SMILES string of the molecule is Cc1c(-c2cccc[n+]2C)cccc1N(c1ccccc1)c1cccc(-c2cccc[n+]2C)c1C. The van der Waals surface area contributed by atoms with Gasteiger partial charge in [-0.15, -0.1) is 0 Å². The average Bonchev–Trinajstić information content (AvgIpc) is 2.88. The molecule has 35 heavy (non-hydrogen) atoms. The lowest BCUT2D eigenvalue weighted by molar-refractivity contribution is -0.660. The summed E-state index contributed by atoms with van der Waals surface area (Å²) in [5, 5.41) is 0. The summed E-state index contributed by atoms with van der Waals surface area (Å²) >= 11 is 0. The van der Waals surface area contributed by atoms with E-state index < -0.39 is 0 Å². The fourth-order valence-corrected chi connectivity index (χ4v) is 4.88. The van der Waals surface area contributed by atoms with Gasteiger partial charge in [-0.05, 0) is 73.5 Å². The Kier molecular flexibility index (Phi) is 6.15. The molecule has 0 N–H and O–H groups in total. The number of aromatic nitrogens is 2. The van der Waals surface area contributed by atoms with Gasteiger partial charge < -0.3 is 4.90 Å². The van der Waals surface area contributed by atoms with Crippen molar-refractivity contribution in [3.05, 3.63) is 127 Å². The van der Waals surface area contributed by atoms with Crippen molar-refractivity contribution in [2.45, 2.75) is 13.8 Å². The molecule has 2 heterocycles. The maximum absolute atomic E-state index is 2.39. The first-order valence-electron chi connectivity index (χ1n) is 12.0. The zero-order chi connectivity index (χ0) is 24.4. The summed E-state index contributed by atoms with van der Waals surface area (Å²) in [6.45, 7) is 4.45. The number of nitrogens with zero attached hydrogens (tertiary/aromatic N) is 3. The van der Waals surface area contributed by atoms with Crippen LogP contribution in [0.25, 0.3) is 22.5 Å². The van der Waals surface area contributed by atoms with Crippen molar-refractivity contribution in [3.8, 4) is 22.5 Å². The van der Waals surface area contributed by atoms with Crippen LogP contribution >= 0.6 is 0 Å². The summed E-state index contributed by atoms with van der Waals surface area (Å²) < 4.78 is 4.36. The summed E-state index contributed by atoms with van der Waals surface area (Å²) in [4.78, 5) is 2.39. The fourth-order valence-electron chi connectivity index (χ4n) is 4.88. The minimum atomic E-state index is 1.14. The lowest BCUT2D eigenvalue weighted by atomic mass is 9.98. The van der Waals surface area contributed by atoms with Gasteiger partial charge in [-0.2, -0.15) is 0 Å². The zero-order valence-corrected chi connectivity index (χ0v) is 20.8. The summed E-state index contributed by atoms with van der Waals surface area (Å²) in [6.07, 6.45) is 4.20. The molecule has 5 aromatic rings. The lowest BCUT2D eigenvalue weighted by Crippen LogP contribution is -2.30. The van der Waals surface area contributed by atoms with Crippen LogP contribution in [0.4, 0.5) is 17.1 Å². The molecular weight excluding hydrogens is 426 g/mol. The Labute approximate surface area is 208 Å². The molecule has 0 unspecified atom stereocenters. The summed E-state index contributed by atoms with van der Waals surface area (Å²) in [6, 6.07) is 36.6.